The van der Waals surface area contributed by atoms with Crippen LogP contribution >= 0.6 is 11.3 Å². The van der Waals surface area contributed by atoms with Crippen LogP contribution in [0.2, 0.25) is 0 Å². The van der Waals surface area contributed by atoms with Crippen LogP contribution in [0.25, 0.3) is 0 Å². The number of aliphatic hydroxyl groups is 1. The molecule has 1 fully saturated rings. The number of carbonyl (C=O) groups excluding carboxylic acids is 1. The molecule has 2 atom stereocenters. The average molecular weight is 267 g/mol. The van der Waals surface area contributed by atoms with Crippen molar-refractivity contribution < 1.29 is 9.90 Å². The first-order valence-corrected chi connectivity index (χ1v) is 7.52. The summed E-state index contributed by atoms with van der Waals surface area (Å²) in [6.07, 6.45) is 2.43. The number of hydrogen-bond donors (Lipinski definition) is 1. The molecular formula is C14H21NO2S. The van der Waals surface area contributed by atoms with Crippen molar-refractivity contribution in [2.45, 2.75) is 32.3 Å². The Morgan fingerprint density at radius 3 is 3.11 bits per heavy atom. The molecular weight excluding hydrogens is 246 g/mol. The van der Waals surface area contributed by atoms with Crippen molar-refractivity contribution in [3.63, 3.8) is 0 Å². The van der Waals surface area contributed by atoms with Crippen LogP contribution < -0.4 is 0 Å². The number of ketones is 1. The number of Topliss-reactive ketones (excluding diaryl/α,β-unsaturated/α-hetero) is 1. The number of likely N-dealkylation sites (tertiary alicyclic amines) is 1. The maximum Gasteiger partial charge on any atom is 0.172 e. The van der Waals surface area contributed by atoms with Crippen molar-refractivity contribution >= 4 is 17.1 Å². The van der Waals surface area contributed by atoms with Crippen molar-refractivity contribution in [1.82, 2.24) is 4.90 Å². The normalized spacial score (nSPS) is 22.2. The van der Waals surface area contributed by atoms with E-state index < -0.39 is 0 Å². The van der Waals surface area contributed by atoms with Gasteiger partial charge in [-0.15, -0.1) is 11.3 Å². The van der Waals surface area contributed by atoms with Gasteiger partial charge in [0.05, 0.1) is 11.0 Å². The van der Waals surface area contributed by atoms with E-state index in [2.05, 4.69) is 4.90 Å². The zero-order valence-corrected chi connectivity index (χ0v) is 11.7. The maximum absolute atomic E-state index is 11.8. The number of rotatable bonds is 6. The topological polar surface area (TPSA) is 40.5 Å². The van der Waals surface area contributed by atoms with Crippen LogP contribution in [0.15, 0.2) is 17.5 Å². The van der Waals surface area contributed by atoms with Crippen molar-refractivity contribution in [1.29, 1.82) is 0 Å². The summed E-state index contributed by atoms with van der Waals surface area (Å²) < 4.78 is 0. The van der Waals surface area contributed by atoms with Gasteiger partial charge in [0.15, 0.2) is 5.78 Å². The van der Waals surface area contributed by atoms with Crippen LogP contribution in [0.3, 0.4) is 0 Å². The molecule has 1 aliphatic rings. The second kappa shape index (κ2) is 6.45. The van der Waals surface area contributed by atoms with Gasteiger partial charge in [-0.25, -0.2) is 0 Å². The highest BCUT2D eigenvalue weighted by molar-refractivity contribution is 7.12. The second-order valence-electron chi connectivity index (χ2n) is 5.09. The van der Waals surface area contributed by atoms with Gasteiger partial charge in [-0.1, -0.05) is 6.07 Å². The van der Waals surface area contributed by atoms with Crippen molar-refractivity contribution in [3.05, 3.63) is 22.4 Å². The fourth-order valence-corrected chi connectivity index (χ4v) is 3.18. The zero-order chi connectivity index (χ0) is 13.0. The van der Waals surface area contributed by atoms with Crippen LogP contribution in [0, 0.1) is 5.92 Å². The van der Waals surface area contributed by atoms with Crippen LogP contribution in [0.4, 0.5) is 0 Å². The predicted molar refractivity (Wildman–Crippen MR) is 74.1 cm³/mol. The first-order valence-electron chi connectivity index (χ1n) is 6.64. The Morgan fingerprint density at radius 1 is 1.67 bits per heavy atom. The molecule has 1 aromatic rings. The molecule has 100 valence electrons. The summed E-state index contributed by atoms with van der Waals surface area (Å²) in [5.41, 5.74) is 0. The molecule has 0 aliphatic carbocycles. The van der Waals surface area contributed by atoms with Crippen LogP contribution in [0.1, 0.15) is 35.9 Å². The van der Waals surface area contributed by atoms with Crippen LogP contribution in [0.5, 0.6) is 0 Å². The molecule has 2 rings (SSSR count). The number of hydrogen-bond acceptors (Lipinski definition) is 4. The summed E-state index contributed by atoms with van der Waals surface area (Å²) in [6.45, 7) is 4.88. The minimum atomic E-state index is -0.206. The molecule has 1 N–H and O–H groups in total. The third-order valence-electron chi connectivity index (χ3n) is 3.67. The van der Waals surface area contributed by atoms with Gasteiger partial charge in [-0.2, -0.15) is 0 Å². The van der Waals surface area contributed by atoms with E-state index in [0.29, 0.717) is 12.3 Å². The third kappa shape index (κ3) is 3.64. The van der Waals surface area contributed by atoms with Crippen molar-refractivity contribution in [3.8, 4) is 0 Å². The van der Waals surface area contributed by atoms with E-state index in [1.165, 1.54) is 11.3 Å². The summed E-state index contributed by atoms with van der Waals surface area (Å²) in [5.74, 6) is 0.675. The SMILES string of the molecule is CC(O)C1CCN(CCCC(=O)c2cccs2)C1. The molecule has 4 heteroatoms. The summed E-state index contributed by atoms with van der Waals surface area (Å²) in [4.78, 5) is 15.0. The molecule has 0 bridgehead atoms. The van der Waals surface area contributed by atoms with E-state index in [1.54, 1.807) is 0 Å². The van der Waals surface area contributed by atoms with Crippen LogP contribution in [-0.4, -0.2) is 41.5 Å². The van der Waals surface area contributed by atoms with E-state index in [-0.39, 0.29) is 11.9 Å². The van der Waals surface area contributed by atoms with Gasteiger partial charge >= 0.3 is 0 Å². The molecule has 0 radical (unpaired) electrons. The molecule has 1 aromatic heterocycles. The Morgan fingerprint density at radius 2 is 2.50 bits per heavy atom. The monoisotopic (exact) mass is 267 g/mol. The smallest absolute Gasteiger partial charge is 0.172 e. The Balaban J connectivity index is 1.66. The molecule has 0 saturated carbocycles. The number of nitrogens with zero attached hydrogens (tertiary/aromatic N) is 1. The fraction of sp³-hybridized carbons (Fsp3) is 0.643. The fourth-order valence-electron chi connectivity index (χ4n) is 2.48. The van der Waals surface area contributed by atoms with E-state index >= 15 is 0 Å². The highest BCUT2D eigenvalue weighted by Crippen LogP contribution is 2.20. The lowest BCUT2D eigenvalue weighted by Crippen LogP contribution is -2.25. The quantitative estimate of drug-likeness (QED) is 0.805. The molecule has 2 heterocycles. The molecule has 18 heavy (non-hydrogen) atoms. The Labute approximate surface area is 112 Å². The highest BCUT2D eigenvalue weighted by atomic mass is 32.1. The summed E-state index contributed by atoms with van der Waals surface area (Å²) in [5, 5.41) is 11.5. The first kappa shape index (κ1) is 13.7. The second-order valence-corrected chi connectivity index (χ2v) is 6.04. The average Bonchev–Trinajstić information content (AvgIpc) is 3.00. The summed E-state index contributed by atoms with van der Waals surface area (Å²) in [7, 11) is 0. The Bertz CT molecular complexity index is 375. The van der Waals surface area contributed by atoms with Gasteiger partial charge in [0, 0.05) is 13.0 Å². The Kier molecular flexibility index (Phi) is 4.92. The summed E-state index contributed by atoms with van der Waals surface area (Å²) >= 11 is 1.52. The largest absolute Gasteiger partial charge is 0.393 e. The summed E-state index contributed by atoms with van der Waals surface area (Å²) in [6, 6.07) is 3.82. The van der Waals surface area contributed by atoms with Gasteiger partial charge in [-0.3, -0.25) is 4.79 Å². The van der Waals surface area contributed by atoms with E-state index in [0.717, 1.165) is 37.4 Å². The minimum absolute atomic E-state index is 0.206. The standard InChI is InChI=1S/C14H21NO2S/c1-11(16)12-6-8-15(10-12)7-2-4-13(17)14-5-3-9-18-14/h3,5,9,11-12,16H,2,4,6-8,10H2,1H3. The van der Waals surface area contributed by atoms with E-state index in [1.807, 2.05) is 24.4 Å². The molecule has 0 aromatic carbocycles. The third-order valence-corrected chi connectivity index (χ3v) is 4.58. The van der Waals surface area contributed by atoms with E-state index in [4.69, 9.17) is 0 Å². The lowest BCUT2D eigenvalue weighted by molar-refractivity contribution is 0.0977. The van der Waals surface area contributed by atoms with Gasteiger partial charge in [0.1, 0.15) is 0 Å². The molecule has 1 aliphatic heterocycles. The van der Waals surface area contributed by atoms with Crippen molar-refractivity contribution in [2.75, 3.05) is 19.6 Å². The molecule has 0 amide bonds. The van der Waals surface area contributed by atoms with Gasteiger partial charge in [0.25, 0.3) is 0 Å². The van der Waals surface area contributed by atoms with E-state index in [9.17, 15) is 9.90 Å². The maximum atomic E-state index is 11.8. The molecule has 2 unspecified atom stereocenters. The van der Waals surface area contributed by atoms with Crippen molar-refractivity contribution in [2.24, 2.45) is 5.92 Å². The Hall–Kier alpha value is -0.710. The molecule has 0 spiro atoms. The predicted octanol–water partition coefficient (Wildman–Crippen LogP) is 2.41. The van der Waals surface area contributed by atoms with Gasteiger partial charge in [0.2, 0.25) is 0 Å². The van der Waals surface area contributed by atoms with Crippen LogP contribution in [-0.2, 0) is 0 Å². The molecule has 1 saturated heterocycles. The zero-order valence-electron chi connectivity index (χ0n) is 10.8. The van der Waals surface area contributed by atoms with Gasteiger partial charge in [-0.05, 0) is 50.2 Å². The lowest BCUT2D eigenvalue weighted by Gasteiger charge is -2.16. The lowest BCUT2D eigenvalue weighted by atomic mass is 10.0. The number of carbonyl (C=O) groups is 1. The molecule has 3 nitrogen and oxygen atoms in total. The van der Waals surface area contributed by atoms with Gasteiger partial charge < -0.3 is 10.0 Å². The first-order chi connectivity index (χ1) is 8.66. The number of aliphatic hydroxyl groups excluding tert-OH is 1. The minimum Gasteiger partial charge on any atom is -0.393 e. The number of thiophene rings is 1. The highest BCUT2D eigenvalue weighted by Gasteiger charge is 2.25.